The maximum Gasteiger partial charge on any atom is 0.253 e. The summed E-state index contributed by atoms with van der Waals surface area (Å²) in [6.07, 6.45) is 2.01. The zero-order chi connectivity index (χ0) is 24.1. The number of carbonyl (C=O) groups is 1. The van der Waals surface area contributed by atoms with Gasteiger partial charge in [-0.15, -0.1) is 0 Å². The molecule has 1 fully saturated rings. The number of unbranched alkanes of at least 4 members (excludes halogenated alkanes) is 1. The SMILES string of the molecule is Cc1[nH]c(-c2ccccc2)c(C)c1C(=O)NCCCCN1CCN(c2cccc(Cl)c2Cl)CC1. The molecule has 2 N–H and O–H groups in total. The Morgan fingerprint density at radius 1 is 0.971 bits per heavy atom. The number of aryl methyl sites for hydroxylation is 1. The van der Waals surface area contributed by atoms with E-state index < -0.39 is 0 Å². The van der Waals surface area contributed by atoms with E-state index in [9.17, 15) is 4.79 Å². The molecule has 1 amide bonds. The van der Waals surface area contributed by atoms with Gasteiger partial charge in [0.2, 0.25) is 0 Å². The molecule has 1 saturated heterocycles. The van der Waals surface area contributed by atoms with Crippen LogP contribution in [0.3, 0.4) is 0 Å². The number of aromatic amines is 1. The fourth-order valence-electron chi connectivity index (χ4n) is 4.68. The number of nitrogens with zero attached hydrogens (tertiary/aromatic N) is 2. The van der Waals surface area contributed by atoms with Gasteiger partial charge in [0.15, 0.2) is 0 Å². The average molecular weight is 499 g/mol. The number of carbonyl (C=O) groups excluding carboxylic acids is 1. The van der Waals surface area contributed by atoms with Crippen molar-refractivity contribution in [3.63, 3.8) is 0 Å². The number of hydrogen-bond acceptors (Lipinski definition) is 3. The molecular formula is C27H32Cl2N4O. The summed E-state index contributed by atoms with van der Waals surface area (Å²) in [6, 6.07) is 15.9. The van der Waals surface area contributed by atoms with E-state index in [4.69, 9.17) is 23.2 Å². The summed E-state index contributed by atoms with van der Waals surface area (Å²) in [5, 5.41) is 4.35. The molecule has 0 spiro atoms. The predicted octanol–water partition coefficient (Wildman–Crippen LogP) is 5.94. The van der Waals surface area contributed by atoms with Crippen molar-refractivity contribution < 1.29 is 4.79 Å². The summed E-state index contributed by atoms with van der Waals surface area (Å²) in [4.78, 5) is 21.0. The average Bonchev–Trinajstić information content (AvgIpc) is 3.15. The number of rotatable bonds is 8. The van der Waals surface area contributed by atoms with Crippen LogP contribution >= 0.6 is 23.2 Å². The zero-order valence-corrected chi connectivity index (χ0v) is 21.3. The number of anilines is 1. The largest absolute Gasteiger partial charge is 0.368 e. The number of halogens is 2. The van der Waals surface area contributed by atoms with Crippen LogP contribution in [0.2, 0.25) is 10.0 Å². The standard InChI is InChI=1S/C27H32Cl2N4O/c1-19-24(20(2)31-26(19)21-9-4-3-5-10-21)27(34)30-13-6-7-14-32-15-17-33(18-16-32)23-12-8-11-22(28)25(23)29/h3-5,8-12,31H,6-7,13-18H2,1-2H3,(H,30,34). The molecule has 0 bridgehead atoms. The van der Waals surface area contributed by atoms with E-state index in [1.807, 2.05) is 50.2 Å². The predicted molar refractivity (Wildman–Crippen MR) is 142 cm³/mol. The lowest BCUT2D eigenvalue weighted by Crippen LogP contribution is -2.46. The number of H-pyrrole nitrogens is 1. The smallest absolute Gasteiger partial charge is 0.253 e. The van der Waals surface area contributed by atoms with Crippen LogP contribution < -0.4 is 10.2 Å². The van der Waals surface area contributed by atoms with E-state index in [0.717, 1.165) is 79.3 Å². The van der Waals surface area contributed by atoms with Crippen LogP contribution in [0.5, 0.6) is 0 Å². The van der Waals surface area contributed by atoms with Crippen molar-refractivity contribution in [3.8, 4) is 11.3 Å². The normalized spacial score (nSPS) is 14.4. The fourth-order valence-corrected chi connectivity index (χ4v) is 5.10. The van der Waals surface area contributed by atoms with Gasteiger partial charge in [-0.25, -0.2) is 0 Å². The minimum absolute atomic E-state index is 0.000413. The molecule has 180 valence electrons. The fraction of sp³-hybridized carbons (Fsp3) is 0.370. The van der Waals surface area contributed by atoms with Crippen LogP contribution in [-0.4, -0.2) is 55.1 Å². The molecule has 4 rings (SSSR count). The van der Waals surface area contributed by atoms with Gasteiger partial charge >= 0.3 is 0 Å². The van der Waals surface area contributed by atoms with E-state index in [0.29, 0.717) is 16.6 Å². The van der Waals surface area contributed by atoms with Gasteiger partial charge in [0, 0.05) is 44.1 Å². The molecule has 34 heavy (non-hydrogen) atoms. The van der Waals surface area contributed by atoms with E-state index in [1.165, 1.54) is 0 Å². The molecule has 1 aliphatic rings. The number of amides is 1. The number of nitrogens with one attached hydrogen (secondary N) is 2. The quantitative estimate of drug-likeness (QED) is 0.378. The third kappa shape index (κ3) is 5.60. The lowest BCUT2D eigenvalue weighted by atomic mass is 10.0. The second-order valence-corrected chi connectivity index (χ2v) is 9.64. The van der Waals surface area contributed by atoms with Crippen molar-refractivity contribution in [2.24, 2.45) is 0 Å². The first-order valence-electron chi connectivity index (χ1n) is 11.9. The molecule has 0 unspecified atom stereocenters. The highest BCUT2D eigenvalue weighted by Crippen LogP contribution is 2.33. The third-order valence-corrected chi connectivity index (χ3v) is 7.37. The minimum atomic E-state index is 0.000413. The van der Waals surface area contributed by atoms with Gasteiger partial charge in [-0.05, 0) is 56.5 Å². The summed E-state index contributed by atoms with van der Waals surface area (Å²) in [5.41, 5.74) is 5.80. The van der Waals surface area contributed by atoms with Crippen LogP contribution in [0.25, 0.3) is 11.3 Å². The molecule has 1 aliphatic heterocycles. The Morgan fingerprint density at radius 2 is 1.71 bits per heavy atom. The van der Waals surface area contributed by atoms with Crippen molar-refractivity contribution in [1.29, 1.82) is 0 Å². The van der Waals surface area contributed by atoms with Crippen LogP contribution in [0, 0.1) is 13.8 Å². The van der Waals surface area contributed by atoms with Gasteiger partial charge in [0.05, 0.1) is 21.3 Å². The second-order valence-electron chi connectivity index (χ2n) is 8.86. The maximum atomic E-state index is 12.9. The molecule has 0 radical (unpaired) electrons. The molecular weight excluding hydrogens is 467 g/mol. The van der Waals surface area contributed by atoms with Crippen LogP contribution in [0.4, 0.5) is 5.69 Å². The summed E-state index contributed by atoms with van der Waals surface area (Å²) >= 11 is 12.5. The van der Waals surface area contributed by atoms with Gasteiger partial charge < -0.3 is 15.2 Å². The third-order valence-electron chi connectivity index (χ3n) is 6.56. The van der Waals surface area contributed by atoms with Crippen molar-refractivity contribution in [3.05, 3.63) is 75.4 Å². The van der Waals surface area contributed by atoms with Crippen LogP contribution in [0.15, 0.2) is 48.5 Å². The maximum absolute atomic E-state index is 12.9. The number of piperazine rings is 1. The first-order valence-corrected chi connectivity index (χ1v) is 12.7. The van der Waals surface area contributed by atoms with Gasteiger partial charge in [-0.3, -0.25) is 9.69 Å². The Balaban J connectivity index is 1.20. The van der Waals surface area contributed by atoms with E-state index in [2.05, 4.69) is 32.2 Å². The van der Waals surface area contributed by atoms with Gasteiger partial charge in [-0.2, -0.15) is 0 Å². The Hall–Kier alpha value is -2.47. The molecule has 7 heteroatoms. The lowest BCUT2D eigenvalue weighted by molar-refractivity contribution is 0.0951. The van der Waals surface area contributed by atoms with Crippen molar-refractivity contribution >= 4 is 34.8 Å². The highest BCUT2D eigenvalue weighted by molar-refractivity contribution is 6.43. The molecule has 2 heterocycles. The zero-order valence-electron chi connectivity index (χ0n) is 19.8. The summed E-state index contributed by atoms with van der Waals surface area (Å²) in [5.74, 6) is 0.000413. The second kappa shape index (κ2) is 11.3. The highest BCUT2D eigenvalue weighted by atomic mass is 35.5. The number of hydrogen-bond donors (Lipinski definition) is 2. The Morgan fingerprint density at radius 3 is 2.44 bits per heavy atom. The summed E-state index contributed by atoms with van der Waals surface area (Å²) < 4.78 is 0. The topological polar surface area (TPSA) is 51.4 Å². The van der Waals surface area contributed by atoms with E-state index in [1.54, 1.807) is 0 Å². The molecule has 0 atom stereocenters. The molecule has 1 aromatic heterocycles. The van der Waals surface area contributed by atoms with Gasteiger partial charge in [-0.1, -0.05) is 59.6 Å². The molecule has 3 aromatic rings. The van der Waals surface area contributed by atoms with E-state index >= 15 is 0 Å². The Labute approximate surface area is 212 Å². The number of aromatic nitrogens is 1. The Kier molecular flexibility index (Phi) is 8.19. The van der Waals surface area contributed by atoms with Crippen LogP contribution in [0.1, 0.15) is 34.5 Å². The van der Waals surface area contributed by atoms with Gasteiger partial charge in [0.1, 0.15) is 0 Å². The summed E-state index contributed by atoms with van der Waals surface area (Å²) in [6.45, 7) is 9.56. The number of benzene rings is 2. The van der Waals surface area contributed by atoms with E-state index in [-0.39, 0.29) is 5.91 Å². The first kappa shape index (κ1) is 24.6. The molecule has 0 aliphatic carbocycles. The van der Waals surface area contributed by atoms with Gasteiger partial charge in [0.25, 0.3) is 5.91 Å². The Bertz CT molecular complexity index is 1120. The summed E-state index contributed by atoms with van der Waals surface area (Å²) in [7, 11) is 0. The van der Waals surface area contributed by atoms with Crippen molar-refractivity contribution in [2.75, 3.05) is 44.2 Å². The molecule has 0 saturated carbocycles. The molecule has 5 nitrogen and oxygen atoms in total. The first-order chi connectivity index (χ1) is 16.5. The highest BCUT2D eigenvalue weighted by Gasteiger charge is 2.20. The van der Waals surface area contributed by atoms with Crippen molar-refractivity contribution in [1.82, 2.24) is 15.2 Å². The monoisotopic (exact) mass is 498 g/mol. The minimum Gasteiger partial charge on any atom is -0.368 e. The van der Waals surface area contributed by atoms with Crippen LogP contribution in [-0.2, 0) is 0 Å². The van der Waals surface area contributed by atoms with Crippen molar-refractivity contribution in [2.45, 2.75) is 26.7 Å². The lowest BCUT2D eigenvalue weighted by Gasteiger charge is -2.36. The molecule has 2 aromatic carbocycles.